The Kier molecular flexibility index (Phi) is 8.57. The first-order chi connectivity index (χ1) is 15.4. The van der Waals surface area contributed by atoms with E-state index in [1.165, 1.54) is 39.1 Å². The van der Waals surface area contributed by atoms with Gasteiger partial charge in [-0.2, -0.15) is 0 Å². The molecule has 3 aromatic rings. The van der Waals surface area contributed by atoms with Crippen molar-refractivity contribution >= 4 is 55.3 Å². The Bertz CT molecular complexity index is 991. The third kappa shape index (κ3) is 5.44. The molecule has 33 heavy (non-hydrogen) atoms. The lowest BCUT2D eigenvalue weighted by molar-refractivity contribution is -0.576. The molecule has 0 radical (unpaired) electrons. The molecule has 0 fully saturated rings. The molecule has 2 aromatic carbocycles. The summed E-state index contributed by atoms with van der Waals surface area (Å²) in [5, 5.41) is 0. The molecule has 0 amide bonds. The van der Waals surface area contributed by atoms with Gasteiger partial charge in [0.05, 0.1) is 0 Å². The topological polar surface area (TPSA) is 8.81 Å². The Hall–Kier alpha value is -0.693. The van der Waals surface area contributed by atoms with Crippen LogP contribution in [0, 0.1) is 0 Å². The average molecular weight is 656 g/mol. The Morgan fingerprint density at radius 2 is 1.06 bits per heavy atom. The normalized spacial score (nSPS) is 12.6. The van der Waals surface area contributed by atoms with Crippen molar-refractivity contribution in [1.29, 1.82) is 0 Å². The molecule has 0 aliphatic carbocycles. The summed E-state index contributed by atoms with van der Waals surface area (Å²) in [7, 11) is 0. The van der Waals surface area contributed by atoms with Crippen molar-refractivity contribution in [3.05, 3.63) is 71.0 Å². The van der Waals surface area contributed by atoms with Crippen molar-refractivity contribution in [1.82, 2.24) is 4.57 Å². The maximum Gasteiger partial charge on any atom is 0.396 e. The average Bonchev–Trinajstić information content (AvgIpc) is 3.17. The molecule has 0 aliphatic heterocycles. The first kappa shape index (κ1) is 26.9. The van der Waals surface area contributed by atoms with Crippen LogP contribution in [0.4, 0.5) is 0 Å². The van der Waals surface area contributed by atoms with E-state index in [2.05, 4.69) is 159 Å². The molecule has 0 N–H and O–H groups in total. The fourth-order valence-electron chi connectivity index (χ4n) is 4.60. The fourth-order valence-corrected chi connectivity index (χ4v) is 8.96. The van der Waals surface area contributed by atoms with Gasteiger partial charge in [0.2, 0.25) is 0 Å². The third-order valence-corrected chi connectivity index (χ3v) is 10.4. The molecule has 0 spiro atoms. The lowest BCUT2D eigenvalue weighted by Gasteiger charge is -2.21. The summed E-state index contributed by atoms with van der Waals surface area (Å²) in [5.41, 5.74) is 9.32. The maximum absolute atomic E-state index is 4.04. The molecular weight excluding hydrogens is 620 g/mol. The van der Waals surface area contributed by atoms with Gasteiger partial charge in [-0.15, -0.1) is 0 Å². The van der Waals surface area contributed by atoms with E-state index in [-0.39, 0.29) is 0 Å². The maximum atomic E-state index is 4.04. The van der Waals surface area contributed by atoms with Crippen molar-refractivity contribution in [2.24, 2.45) is 0 Å². The second-order valence-corrected chi connectivity index (χ2v) is 31.8. The van der Waals surface area contributed by atoms with Crippen molar-refractivity contribution in [3.63, 3.8) is 0 Å². The van der Waals surface area contributed by atoms with Crippen LogP contribution in [0.5, 0.6) is 0 Å². The number of hydrogen-bond acceptors (Lipinski definition) is 0. The lowest BCUT2D eigenvalue weighted by atomic mass is 9.92. The fraction of sp³-hybridized carbons (Fsp3) is 0.444. The molecule has 0 saturated carbocycles. The summed E-state index contributed by atoms with van der Waals surface area (Å²) < 4.78 is 2.52. The Morgan fingerprint density at radius 1 is 0.667 bits per heavy atom. The summed E-state index contributed by atoms with van der Waals surface area (Å²) in [4.78, 5) is 0. The molecule has 0 atom stereocenters. The smallest absolute Gasteiger partial charge is 0.202 e. The zero-order valence-electron chi connectivity index (χ0n) is 21.0. The van der Waals surface area contributed by atoms with Gasteiger partial charge in [-0.05, 0) is 23.7 Å². The van der Waals surface area contributed by atoms with Crippen molar-refractivity contribution < 1.29 is 4.57 Å². The van der Waals surface area contributed by atoms with E-state index in [9.17, 15) is 0 Å². The van der Waals surface area contributed by atoms with Crippen LogP contribution >= 0.6 is 45.9 Å². The van der Waals surface area contributed by atoms with Gasteiger partial charge in [0.25, 0.3) is 5.45 Å². The number of benzene rings is 2. The molecule has 0 aliphatic rings. The molecule has 1 heterocycles. The van der Waals surface area contributed by atoms with Crippen molar-refractivity contribution in [2.45, 2.75) is 79.1 Å². The zero-order chi connectivity index (χ0) is 24.7. The van der Waals surface area contributed by atoms with E-state index < -0.39 is 3.93 Å². The minimum atomic E-state index is -2.30. The molecule has 3 rings (SSSR count). The number of hydrogen-bond donors (Lipinski definition) is 0. The first-order valence-electron chi connectivity index (χ1n) is 11.8. The van der Waals surface area contributed by atoms with Gasteiger partial charge in [0.1, 0.15) is 23.8 Å². The molecule has 178 valence electrons. The second-order valence-electron chi connectivity index (χ2n) is 10.0. The van der Waals surface area contributed by atoms with Crippen molar-refractivity contribution in [2.75, 3.05) is 0 Å². The number of halogens is 3. The van der Waals surface area contributed by atoms with Crippen LogP contribution in [0.2, 0.25) is 0 Å². The Labute approximate surface area is 224 Å². The molecule has 0 saturated heterocycles. The lowest BCUT2D eigenvalue weighted by Crippen LogP contribution is -2.57. The van der Waals surface area contributed by atoms with Gasteiger partial charge >= 0.3 is 3.93 Å². The van der Waals surface area contributed by atoms with E-state index in [4.69, 9.17) is 0 Å². The predicted molar refractivity (Wildman–Crippen MR) is 156 cm³/mol. The number of para-hydroxylation sites is 2. The van der Waals surface area contributed by atoms with E-state index in [0.29, 0.717) is 23.7 Å². The van der Waals surface area contributed by atoms with Gasteiger partial charge in [-0.25, -0.2) is 9.13 Å². The first-order valence-corrected chi connectivity index (χ1v) is 20.6. The quantitative estimate of drug-likeness (QED) is 0.137. The van der Waals surface area contributed by atoms with Crippen LogP contribution in [0.3, 0.4) is 0 Å². The summed E-state index contributed by atoms with van der Waals surface area (Å²) in [6.07, 6.45) is 4.49. The highest BCUT2D eigenvalue weighted by Crippen LogP contribution is 2.35. The molecule has 2 nitrogen and oxygen atoms in total. The molecule has 0 unspecified atom stereocenters. The summed E-state index contributed by atoms with van der Waals surface area (Å²) >= 11 is 12.1. The van der Waals surface area contributed by atoms with Gasteiger partial charge < -0.3 is 0 Å². The zero-order valence-corrected chi connectivity index (χ0v) is 26.7. The van der Waals surface area contributed by atoms with Crippen LogP contribution in [0.25, 0.3) is 11.4 Å². The van der Waals surface area contributed by atoms with Crippen molar-refractivity contribution in [3.8, 4) is 11.4 Å². The van der Waals surface area contributed by atoms with E-state index in [1.807, 2.05) is 0 Å². The minimum Gasteiger partial charge on any atom is -0.202 e. The highest BCUT2D eigenvalue weighted by Gasteiger charge is 2.43. The molecule has 1 aromatic heterocycles. The summed E-state index contributed by atoms with van der Waals surface area (Å²) in [6.45, 7) is 18.3. The number of imidazole rings is 1. The van der Waals surface area contributed by atoms with Gasteiger partial charge in [-0.1, -0.05) is 138 Å². The van der Waals surface area contributed by atoms with Crippen LogP contribution in [-0.2, 0) is 0 Å². The summed E-state index contributed by atoms with van der Waals surface area (Å²) in [6, 6.07) is 13.5. The Morgan fingerprint density at radius 3 is 1.42 bits per heavy atom. The van der Waals surface area contributed by atoms with Crippen LogP contribution in [-0.4, -0.2) is 8.50 Å². The predicted octanol–water partition coefficient (Wildman–Crippen LogP) is 8.58. The second kappa shape index (κ2) is 10.5. The standard InChI is InChI=1S/C27H36Br3N2Si/c1-17(2)21-11-9-12-22(18(3)4)25(21)31-15-16-32(27(31)33(28,29)30)26-23(19(5)6)13-10-14-24(26)20(7)8/h9-20H,1-8H3/q+1. The monoisotopic (exact) mass is 653 g/mol. The van der Waals surface area contributed by atoms with Gasteiger partial charge in [-0.3, -0.25) is 0 Å². The van der Waals surface area contributed by atoms with Crippen LogP contribution < -0.4 is 10.0 Å². The third-order valence-electron chi connectivity index (χ3n) is 6.24. The van der Waals surface area contributed by atoms with E-state index in [0.717, 1.165) is 0 Å². The van der Waals surface area contributed by atoms with E-state index in [1.54, 1.807) is 0 Å². The molecule has 6 heteroatoms. The van der Waals surface area contributed by atoms with Gasteiger partial charge in [0.15, 0.2) is 0 Å². The van der Waals surface area contributed by atoms with E-state index >= 15 is 0 Å². The molecule has 0 bridgehead atoms. The highest BCUT2D eigenvalue weighted by molar-refractivity contribution is 9.72. The highest BCUT2D eigenvalue weighted by atomic mass is 80.0. The number of nitrogens with zero attached hydrogens (tertiary/aromatic N) is 2. The SMILES string of the molecule is CC(C)c1cccc(C(C)C)c1-n1cc[n+](-c2c(C(C)C)cccc2C(C)C)c1[Si](Br)(Br)Br. The number of aromatic nitrogens is 2. The number of rotatable bonds is 7. The minimum absolute atomic E-state index is 0.425. The van der Waals surface area contributed by atoms with Crippen LogP contribution in [0.15, 0.2) is 48.8 Å². The van der Waals surface area contributed by atoms with Crippen LogP contribution in [0.1, 0.15) is 101 Å². The molecular formula is C27H36Br3N2Si+. The van der Waals surface area contributed by atoms with Gasteiger partial charge in [0, 0.05) is 22.3 Å². The Balaban J connectivity index is 2.47. The largest absolute Gasteiger partial charge is 0.396 e. The summed E-state index contributed by atoms with van der Waals surface area (Å²) in [5.74, 6) is 1.70.